The van der Waals surface area contributed by atoms with Crippen LogP contribution in [0.5, 0.6) is 0 Å². The van der Waals surface area contributed by atoms with Crippen LogP contribution in [0.15, 0.2) is 36.7 Å². The molecule has 2 aliphatic rings. The number of fused-ring (bicyclic) bond motifs is 1. The lowest BCUT2D eigenvalue weighted by atomic mass is 9.92. The topological polar surface area (TPSA) is 78.6 Å². The Hall–Kier alpha value is -3.40. The van der Waals surface area contributed by atoms with E-state index in [1.54, 1.807) is 0 Å². The van der Waals surface area contributed by atoms with Gasteiger partial charge in [-0.25, -0.2) is 19.9 Å². The highest BCUT2D eigenvalue weighted by atomic mass is 19.4. The van der Waals surface area contributed by atoms with Gasteiger partial charge in [0, 0.05) is 29.8 Å². The van der Waals surface area contributed by atoms with Crippen molar-refractivity contribution in [2.45, 2.75) is 63.8 Å². The smallest absolute Gasteiger partial charge is 0.373 e. The second-order valence-electron chi connectivity index (χ2n) is 9.64. The van der Waals surface area contributed by atoms with Crippen LogP contribution in [-0.2, 0) is 10.9 Å². The van der Waals surface area contributed by atoms with Gasteiger partial charge < -0.3 is 4.74 Å². The molecule has 0 spiro atoms. The second kappa shape index (κ2) is 8.62. The molecule has 3 aromatic heterocycles. The monoisotopic (exact) mass is 494 g/mol. The first kappa shape index (κ1) is 23.0. The molecule has 2 fully saturated rings. The third kappa shape index (κ3) is 4.34. The van der Waals surface area contributed by atoms with Gasteiger partial charge in [-0.3, -0.25) is 4.68 Å². The molecule has 0 unspecified atom stereocenters. The van der Waals surface area contributed by atoms with Crippen molar-refractivity contribution < 1.29 is 17.9 Å². The van der Waals surface area contributed by atoms with Crippen molar-refractivity contribution in [1.82, 2.24) is 29.7 Å². The van der Waals surface area contributed by atoms with Gasteiger partial charge in [0.1, 0.15) is 17.0 Å². The standard InChI is InChI=1S/C26H25F3N6O/c1-14-15(2)32-25-23(31-14)22(16-3-5-19(6-4-16)26(27,28)29)33-24(34-25)17-9-10-36-21(11-17)18-12-30-35(13-18)20-7-8-20/h3-6,12-13,17,20-21H,7-11H2,1-2H3/t17-,21-/m0/s1. The van der Waals surface area contributed by atoms with E-state index in [0.29, 0.717) is 47.3 Å². The third-order valence-electron chi connectivity index (χ3n) is 7.01. The highest BCUT2D eigenvalue weighted by molar-refractivity contribution is 5.87. The zero-order valence-corrected chi connectivity index (χ0v) is 20.0. The van der Waals surface area contributed by atoms with Crippen LogP contribution in [0, 0.1) is 13.8 Å². The minimum absolute atomic E-state index is 0.00836. The largest absolute Gasteiger partial charge is 0.416 e. The first-order valence-corrected chi connectivity index (χ1v) is 12.1. The van der Waals surface area contributed by atoms with Crippen LogP contribution in [0.3, 0.4) is 0 Å². The molecule has 0 radical (unpaired) electrons. The van der Waals surface area contributed by atoms with Gasteiger partial charge in [0.15, 0.2) is 5.65 Å². The molecule has 0 bridgehead atoms. The fourth-order valence-electron chi connectivity index (χ4n) is 4.65. The van der Waals surface area contributed by atoms with Gasteiger partial charge in [-0.2, -0.15) is 18.3 Å². The molecular weight excluding hydrogens is 469 g/mol. The molecule has 0 amide bonds. The van der Waals surface area contributed by atoms with Crippen LogP contribution < -0.4 is 0 Å². The molecule has 2 atom stereocenters. The van der Waals surface area contributed by atoms with Crippen LogP contribution in [0.1, 0.15) is 72.1 Å². The first-order chi connectivity index (χ1) is 17.3. The van der Waals surface area contributed by atoms with Gasteiger partial charge in [0.2, 0.25) is 0 Å². The van der Waals surface area contributed by atoms with E-state index in [4.69, 9.17) is 14.7 Å². The highest BCUT2D eigenvalue weighted by Crippen LogP contribution is 2.40. The molecule has 1 aliphatic heterocycles. The predicted octanol–water partition coefficient (Wildman–Crippen LogP) is 5.89. The molecule has 10 heteroatoms. The molecule has 6 rings (SSSR count). The summed E-state index contributed by atoms with van der Waals surface area (Å²) in [6.07, 6.45) is 3.16. The second-order valence-corrected chi connectivity index (χ2v) is 9.64. The fraction of sp³-hybridized carbons (Fsp3) is 0.423. The van der Waals surface area contributed by atoms with Crippen LogP contribution in [0.4, 0.5) is 13.2 Å². The van der Waals surface area contributed by atoms with Crippen LogP contribution >= 0.6 is 0 Å². The summed E-state index contributed by atoms with van der Waals surface area (Å²) in [7, 11) is 0. The number of nitrogens with zero attached hydrogens (tertiary/aromatic N) is 6. The summed E-state index contributed by atoms with van der Waals surface area (Å²) in [6.45, 7) is 4.26. The van der Waals surface area contributed by atoms with Gasteiger partial charge in [-0.15, -0.1) is 0 Å². The quantitative estimate of drug-likeness (QED) is 0.352. The average molecular weight is 495 g/mol. The number of alkyl halides is 3. The van der Waals surface area contributed by atoms with Gasteiger partial charge in [0.05, 0.1) is 35.3 Å². The maximum absolute atomic E-state index is 13.1. The van der Waals surface area contributed by atoms with Crippen molar-refractivity contribution in [1.29, 1.82) is 0 Å². The normalized spacial score (nSPS) is 20.7. The number of benzene rings is 1. The minimum atomic E-state index is -4.41. The molecule has 1 saturated carbocycles. The molecule has 0 N–H and O–H groups in total. The van der Waals surface area contributed by atoms with E-state index in [-0.39, 0.29) is 12.0 Å². The van der Waals surface area contributed by atoms with Crippen molar-refractivity contribution in [2.24, 2.45) is 0 Å². The Kier molecular flexibility index (Phi) is 5.51. The van der Waals surface area contributed by atoms with E-state index in [9.17, 15) is 13.2 Å². The SMILES string of the molecule is Cc1nc2nc([C@H]3CCO[C@H](c4cnn(C5CC5)c4)C3)nc(-c3ccc(C(F)(F)F)cc3)c2nc1C. The molecule has 1 aromatic carbocycles. The van der Waals surface area contributed by atoms with Gasteiger partial charge in [-0.1, -0.05) is 12.1 Å². The number of hydrogen-bond donors (Lipinski definition) is 0. The number of ether oxygens (including phenoxy) is 1. The summed E-state index contributed by atoms with van der Waals surface area (Å²) < 4.78 is 47.5. The molecule has 186 valence electrons. The van der Waals surface area contributed by atoms with Crippen molar-refractivity contribution in [3.63, 3.8) is 0 Å². The van der Waals surface area contributed by atoms with Crippen LogP contribution in [-0.4, -0.2) is 36.3 Å². The van der Waals surface area contributed by atoms with Crippen molar-refractivity contribution in [3.05, 3.63) is 65.0 Å². The Labute approximate surface area is 205 Å². The number of halogens is 3. The van der Waals surface area contributed by atoms with Gasteiger partial charge >= 0.3 is 6.18 Å². The third-order valence-corrected chi connectivity index (χ3v) is 7.01. The number of aryl methyl sites for hydroxylation is 2. The predicted molar refractivity (Wildman–Crippen MR) is 126 cm³/mol. The van der Waals surface area contributed by atoms with Crippen molar-refractivity contribution >= 4 is 11.2 Å². The summed E-state index contributed by atoms with van der Waals surface area (Å²) in [4.78, 5) is 18.9. The molecule has 4 aromatic rings. The summed E-state index contributed by atoms with van der Waals surface area (Å²) >= 11 is 0. The molecule has 7 nitrogen and oxygen atoms in total. The number of hydrogen-bond acceptors (Lipinski definition) is 6. The molecular formula is C26H25F3N6O. The van der Waals surface area contributed by atoms with E-state index in [2.05, 4.69) is 21.3 Å². The fourth-order valence-corrected chi connectivity index (χ4v) is 4.65. The van der Waals surface area contributed by atoms with E-state index in [1.165, 1.54) is 12.1 Å². The summed E-state index contributed by atoms with van der Waals surface area (Å²) in [6, 6.07) is 5.51. The van der Waals surface area contributed by atoms with E-state index in [1.807, 2.05) is 24.7 Å². The lowest BCUT2D eigenvalue weighted by Crippen LogP contribution is -2.20. The molecule has 36 heavy (non-hydrogen) atoms. The Morgan fingerprint density at radius 3 is 2.42 bits per heavy atom. The van der Waals surface area contributed by atoms with Crippen LogP contribution in [0.2, 0.25) is 0 Å². The molecule has 1 aliphatic carbocycles. The molecule has 1 saturated heterocycles. The van der Waals surface area contributed by atoms with Crippen LogP contribution in [0.25, 0.3) is 22.4 Å². The van der Waals surface area contributed by atoms with Crippen molar-refractivity contribution in [2.75, 3.05) is 6.61 Å². The first-order valence-electron chi connectivity index (χ1n) is 12.1. The average Bonchev–Trinajstić information content (AvgIpc) is 3.60. The maximum Gasteiger partial charge on any atom is 0.416 e. The Balaban J connectivity index is 1.38. The van der Waals surface area contributed by atoms with Crippen molar-refractivity contribution in [3.8, 4) is 11.3 Å². The molecule has 4 heterocycles. The van der Waals surface area contributed by atoms with Gasteiger partial charge in [0.25, 0.3) is 0 Å². The Bertz CT molecular complexity index is 1430. The highest BCUT2D eigenvalue weighted by Gasteiger charge is 2.32. The maximum atomic E-state index is 13.1. The van der Waals surface area contributed by atoms with Gasteiger partial charge in [-0.05, 0) is 51.7 Å². The van der Waals surface area contributed by atoms with E-state index >= 15 is 0 Å². The summed E-state index contributed by atoms with van der Waals surface area (Å²) in [5, 5.41) is 4.50. The Morgan fingerprint density at radius 1 is 0.944 bits per heavy atom. The van der Waals surface area contributed by atoms with E-state index in [0.717, 1.165) is 48.3 Å². The number of aromatic nitrogens is 6. The summed E-state index contributed by atoms with van der Waals surface area (Å²) in [5.74, 6) is 0.617. The lowest BCUT2D eigenvalue weighted by Gasteiger charge is -2.28. The zero-order valence-electron chi connectivity index (χ0n) is 20.0. The minimum Gasteiger partial charge on any atom is -0.373 e. The zero-order chi connectivity index (χ0) is 25.0. The summed E-state index contributed by atoms with van der Waals surface area (Å²) in [5.41, 5.74) is 3.78. The lowest BCUT2D eigenvalue weighted by molar-refractivity contribution is -0.137. The van der Waals surface area contributed by atoms with E-state index < -0.39 is 11.7 Å². The number of rotatable bonds is 4. The Morgan fingerprint density at radius 2 is 1.69 bits per heavy atom.